The van der Waals surface area contributed by atoms with Crippen molar-refractivity contribution in [1.29, 1.82) is 0 Å². The molecule has 1 aromatic carbocycles. The Hall–Kier alpha value is -1.42. The standard InChI is InChI=1S/C14H20NO4P/c15-10-9-13(20(18)19)12(14(16)17)8-4-7-11-5-2-1-3-6-11/h1-3,5-6,8,13,20H,4,7,9-10,15H2,(H,16,17)(H,18,19). The van der Waals surface area contributed by atoms with Crippen molar-refractivity contribution in [3.8, 4) is 0 Å². The van der Waals surface area contributed by atoms with Crippen LogP contribution in [0.5, 0.6) is 0 Å². The summed E-state index contributed by atoms with van der Waals surface area (Å²) in [6, 6.07) is 9.67. The zero-order chi connectivity index (χ0) is 15.0. The third-order valence-electron chi connectivity index (χ3n) is 3.02. The van der Waals surface area contributed by atoms with Gasteiger partial charge in [0.15, 0.2) is 8.03 Å². The van der Waals surface area contributed by atoms with Crippen molar-refractivity contribution in [3.63, 3.8) is 0 Å². The van der Waals surface area contributed by atoms with Crippen molar-refractivity contribution < 1.29 is 19.4 Å². The molecule has 110 valence electrons. The van der Waals surface area contributed by atoms with E-state index in [0.717, 1.165) is 5.56 Å². The fourth-order valence-corrected chi connectivity index (χ4v) is 2.92. The van der Waals surface area contributed by atoms with Crippen LogP contribution in [-0.2, 0) is 15.8 Å². The van der Waals surface area contributed by atoms with E-state index >= 15 is 0 Å². The zero-order valence-corrected chi connectivity index (χ0v) is 12.2. The third-order valence-corrected chi connectivity index (χ3v) is 4.21. The first kappa shape index (κ1) is 16.6. The van der Waals surface area contributed by atoms with E-state index in [4.69, 9.17) is 5.73 Å². The van der Waals surface area contributed by atoms with Gasteiger partial charge < -0.3 is 15.7 Å². The molecule has 20 heavy (non-hydrogen) atoms. The smallest absolute Gasteiger partial charge is 0.332 e. The van der Waals surface area contributed by atoms with Gasteiger partial charge in [-0.1, -0.05) is 36.4 Å². The van der Waals surface area contributed by atoms with Gasteiger partial charge in [0.05, 0.1) is 5.66 Å². The maximum atomic E-state index is 11.3. The number of allylic oxidation sites excluding steroid dienone is 1. The quantitative estimate of drug-likeness (QED) is 0.502. The van der Waals surface area contributed by atoms with Crippen LogP contribution in [0.2, 0.25) is 0 Å². The minimum atomic E-state index is -2.95. The van der Waals surface area contributed by atoms with E-state index in [1.165, 1.54) is 6.08 Å². The van der Waals surface area contributed by atoms with Crippen molar-refractivity contribution in [1.82, 2.24) is 0 Å². The molecule has 0 radical (unpaired) electrons. The summed E-state index contributed by atoms with van der Waals surface area (Å²) in [5.74, 6) is -1.15. The molecule has 5 nitrogen and oxygen atoms in total. The SMILES string of the molecule is NCCC(C(=CCCc1ccccc1)C(=O)O)[PH](=O)O. The molecule has 0 aromatic heterocycles. The van der Waals surface area contributed by atoms with E-state index in [0.29, 0.717) is 12.8 Å². The van der Waals surface area contributed by atoms with E-state index in [1.807, 2.05) is 30.3 Å². The maximum Gasteiger partial charge on any atom is 0.332 e. The Labute approximate surface area is 119 Å². The van der Waals surface area contributed by atoms with Crippen LogP contribution in [0.1, 0.15) is 18.4 Å². The average Bonchev–Trinajstić information content (AvgIpc) is 2.42. The molecule has 0 fully saturated rings. The minimum absolute atomic E-state index is 0.00206. The Morgan fingerprint density at radius 1 is 1.35 bits per heavy atom. The highest BCUT2D eigenvalue weighted by Gasteiger charge is 2.23. The number of hydrogen-bond donors (Lipinski definition) is 3. The lowest BCUT2D eigenvalue weighted by molar-refractivity contribution is -0.132. The summed E-state index contributed by atoms with van der Waals surface area (Å²) in [5, 5.41) is 9.17. The number of nitrogens with two attached hydrogens (primary N) is 1. The van der Waals surface area contributed by atoms with E-state index in [1.54, 1.807) is 0 Å². The van der Waals surface area contributed by atoms with Gasteiger partial charge in [0.1, 0.15) is 0 Å². The lowest BCUT2D eigenvalue weighted by Gasteiger charge is -2.13. The molecule has 0 heterocycles. The normalized spacial score (nSPS) is 14.8. The first-order chi connectivity index (χ1) is 9.56. The van der Waals surface area contributed by atoms with Crippen LogP contribution in [0, 0.1) is 0 Å². The molecular formula is C14H20NO4P. The van der Waals surface area contributed by atoms with E-state index in [-0.39, 0.29) is 18.5 Å². The third kappa shape index (κ3) is 5.29. The van der Waals surface area contributed by atoms with Gasteiger partial charge in [-0.15, -0.1) is 0 Å². The molecule has 2 unspecified atom stereocenters. The summed E-state index contributed by atoms with van der Waals surface area (Å²) < 4.78 is 11.3. The van der Waals surface area contributed by atoms with Crippen molar-refractivity contribution in [2.75, 3.05) is 6.54 Å². The summed E-state index contributed by atoms with van der Waals surface area (Å²) in [4.78, 5) is 20.5. The number of carboxylic acids is 1. The molecule has 0 saturated carbocycles. The van der Waals surface area contributed by atoms with E-state index in [9.17, 15) is 19.4 Å². The van der Waals surface area contributed by atoms with Crippen molar-refractivity contribution in [2.45, 2.75) is 24.9 Å². The number of rotatable bonds is 8. The minimum Gasteiger partial charge on any atom is -0.478 e. The largest absolute Gasteiger partial charge is 0.478 e. The maximum absolute atomic E-state index is 11.3. The average molecular weight is 297 g/mol. The summed E-state index contributed by atoms with van der Waals surface area (Å²) in [7, 11) is -2.95. The second-order valence-corrected chi connectivity index (χ2v) is 5.83. The molecule has 0 bridgehead atoms. The van der Waals surface area contributed by atoms with Gasteiger partial charge >= 0.3 is 5.97 Å². The fourth-order valence-electron chi connectivity index (χ4n) is 2.00. The van der Waals surface area contributed by atoms with Gasteiger partial charge in [-0.2, -0.15) is 0 Å². The molecule has 6 heteroatoms. The van der Waals surface area contributed by atoms with Crippen molar-refractivity contribution in [3.05, 3.63) is 47.5 Å². The Morgan fingerprint density at radius 3 is 2.50 bits per heavy atom. The molecule has 0 aliphatic rings. The number of hydrogen-bond acceptors (Lipinski definition) is 3. The lowest BCUT2D eigenvalue weighted by Crippen LogP contribution is -2.19. The van der Waals surface area contributed by atoms with Gasteiger partial charge in [-0.05, 0) is 31.4 Å². The molecule has 0 spiro atoms. The number of benzene rings is 1. The zero-order valence-electron chi connectivity index (χ0n) is 11.2. The summed E-state index contributed by atoms with van der Waals surface area (Å²) in [6.07, 6.45) is 2.95. The molecular weight excluding hydrogens is 277 g/mol. The van der Waals surface area contributed by atoms with Gasteiger partial charge in [0.2, 0.25) is 0 Å². The van der Waals surface area contributed by atoms with Crippen LogP contribution in [0.25, 0.3) is 0 Å². The second kappa shape index (κ2) is 8.69. The summed E-state index contributed by atoms with van der Waals surface area (Å²) >= 11 is 0. The lowest BCUT2D eigenvalue weighted by atomic mass is 10.0. The summed E-state index contributed by atoms with van der Waals surface area (Å²) in [5.41, 5.74) is 5.60. The van der Waals surface area contributed by atoms with Crippen LogP contribution in [-0.4, -0.2) is 28.2 Å². The highest BCUT2D eigenvalue weighted by molar-refractivity contribution is 7.39. The molecule has 4 N–H and O–H groups in total. The first-order valence-electron chi connectivity index (χ1n) is 6.46. The van der Waals surface area contributed by atoms with Crippen LogP contribution in [0.4, 0.5) is 0 Å². The molecule has 0 amide bonds. The Bertz CT molecular complexity index is 487. The number of carbonyl (C=O) groups is 1. The number of carboxylic acid groups (broad SMARTS) is 1. The molecule has 1 rings (SSSR count). The van der Waals surface area contributed by atoms with Crippen LogP contribution in [0.15, 0.2) is 42.0 Å². The van der Waals surface area contributed by atoms with Gasteiger partial charge in [-0.25, -0.2) is 4.79 Å². The van der Waals surface area contributed by atoms with Crippen molar-refractivity contribution >= 4 is 14.0 Å². The second-order valence-electron chi connectivity index (χ2n) is 4.46. The van der Waals surface area contributed by atoms with Gasteiger partial charge in [-0.3, -0.25) is 4.57 Å². The predicted octanol–water partition coefficient (Wildman–Crippen LogP) is 1.81. The van der Waals surface area contributed by atoms with Crippen LogP contribution < -0.4 is 5.73 Å². The Kier molecular flexibility index (Phi) is 7.23. The monoisotopic (exact) mass is 297 g/mol. The highest BCUT2D eigenvalue weighted by Crippen LogP contribution is 2.31. The topological polar surface area (TPSA) is 101 Å². The first-order valence-corrected chi connectivity index (χ1v) is 7.89. The van der Waals surface area contributed by atoms with E-state index < -0.39 is 19.7 Å². The molecule has 2 atom stereocenters. The van der Waals surface area contributed by atoms with Crippen molar-refractivity contribution in [2.24, 2.45) is 5.73 Å². The Morgan fingerprint density at radius 2 is 2.00 bits per heavy atom. The molecule has 0 saturated heterocycles. The fraction of sp³-hybridized carbons (Fsp3) is 0.357. The van der Waals surface area contributed by atoms with Crippen LogP contribution >= 0.6 is 8.03 Å². The van der Waals surface area contributed by atoms with Gasteiger partial charge in [0.25, 0.3) is 0 Å². The summed E-state index contributed by atoms with van der Waals surface area (Å²) in [6.45, 7) is 0.185. The van der Waals surface area contributed by atoms with Crippen LogP contribution in [0.3, 0.4) is 0 Å². The van der Waals surface area contributed by atoms with E-state index in [2.05, 4.69) is 0 Å². The number of aliphatic carboxylic acids is 1. The van der Waals surface area contributed by atoms with Gasteiger partial charge in [0, 0.05) is 5.57 Å². The predicted molar refractivity (Wildman–Crippen MR) is 79.2 cm³/mol. The molecule has 0 aliphatic carbocycles. The number of aryl methyl sites for hydroxylation is 1. The Balaban J connectivity index is 2.76. The molecule has 1 aromatic rings. The highest BCUT2D eigenvalue weighted by atomic mass is 31.1. The molecule has 0 aliphatic heterocycles.